The van der Waals surface area contributed by atoms with Gasteiger partial charge in [-0.05, 0) is 23.8 Å². The number of aromatic nitrogens is 4. The second kappa shape index (κ2) is 7.61. The molecule has 0 saturated heterocycles. The van der Waals surface area contributed by atoms with Gasteiger partial charge in [0, 0.05) is 23.6 Å². The molecule has 6 nitrogen and oxygen atoms in total. The number of aliphatic carboxylic acids is 1. The van der Waals surface area contributed by atoms with Gasteiger partial charge in [-0.25, -0.2) is 23.7 Å². The molecule has 2 N–H and O–H groups in total. The second-order valence-electron chi connectivity index (χ2n) is 7.58. The Balaban J connectivity index is 2.01. The maximum Gasteiger partial charge on any atom is 0.303 e. The fourth-order valence-electron chi connectivity index (χ4n) is 3.20. The summed E-state index contributed by atoms with van der Waals surface area (Å²) in [5.74, 6) is -2.08. The molecule has 0 aromatic carbocycles. The number of rotatable bonds is 7. The van der Waals surface area contributed by atoms with Gasteiger partial charge in [-0.3, -0.25) is 4.79 Å². The Bertz CT molecular complexity index is 1020. The quantitative estimate of drug-likeness (QED) is 0.627. The van der Waals surface area contributed by atoms with Crippen LogP contribution in [0.2, 0.25) is 0 Å². The van der Waals surface area contributed by atoms with Crippen LogP contribution in [0.4, 0.5) is 8.78 Å². The fourth-order valence-corrected chi connectivity index (χ4v) is 3.20. The van der Waals surface area contributed by atoms with Crippen LogP contribution in [0.5, 0.6) is 0 Å². The van der Waals surface area contributed by atoms with E-state index in [9.17, 15) is 18.7 Å². The van der Waals surface area contributed by atoms with Crippen LogP contribution in [0.25, 0.3) is 22.4 Å². The van der Waals surface area contributed by atoms with Gasteiger partial charge in [0.1, 0.15) is 11.5 Å². The highest BCUT2D eigenvalue weighted by molar-refractivity contribution is 5.91. The highest BCUT2D eigenvalue weighted by Crippen LogP contribution is 2.36. The SMILES string of the molecule is CCC(C)(C)C(CC(=O)O)Cc1nc(-c2c[nH]c3ncc(F)cc23)ncc1F. The lowest BCUT2D eigenvalue weighted by molar-refractivity contribution is -0.139. The third-order valence-electron chi connectivity index (χ3n) is 5.43. The van der Waals surface area contributed by atoms with Crippen molar-refractivity contribution in [2.24, 2.45) is 11.3 Å². The summed E-state index contributed by atoms with van der Waals surface area (Å²) >= 11 is 0. The second-order valence-corrected chi connectivity index (χ2v) is 7.58. The number of carboxylic acids is 1. The highest BCUT2D eigenvalue weighted by Gasteiger charge is 2.31. The van der Waals surface area contributed by atoms with Crippen molar-refractivity contribution in [3.05, 3.63) is 42.0 Å². The van der Waals surface area contributed by atoms with Gasteiger partial charge >= 0.3 is 5.97 Å². The van der Waals surface area contributed by atoms with Crippen LogP contribution in [-0.4, -0.2) is 31.0 Å². The predicted molar refractivity (Wildman–Crippen MR) is 101 cm³/mol. The summed E-state index contributed by atoms with van der Waals surface area (Å²) in [7, 11) is 0. The van der Waals surface area contributed by atoms with Crippen molar-refractivity contribution in [1.82, 2.24) is 19.9 Å². The third-order valence-corrected chi connectivity index (χ3v) is 5.43. The van der Waals surface area contributed by atoms with Gasteiger partial charge in [0.15, 0.2) is 11.6 Å². The van der Waals surface area contributed by atoms with Crippen LogP contribution in [0.15, 0.2) is 24.7 Å². The summed E-state index contributed by atoms with van der Waals surface area (Å²) in [5.41, 5.74) is 0.829. The van der Waals surface area contributed by atoms with E-state index in [-0.39, 0.29) is 35.7 Å². The minimum Gasteiger partial charge on any atom is -0.481 e. The highest BCUT2D eigenvalue weighted by atomic mass is 19.1. The lowest BCUT2D eigenvalue weighted by Crippen LogP contribution is -2.28. The predicted octanol–water partition coefficient (Wildman–Crippen LogP) is 4.37. The Labute approximate surface area is 161 Å². The van der Waals surface area contributed by atoms with E-state index in [0.717, 1.165) is 18.8 Å². The summed E-state index contributed by atoms with van der Waals surface area (Å²) in [6.07, 6.45) is 4.60. The maximum atomic E-state index is 14.4. The Kier molecular flexibility index (Phi) is 5.40. The standard InChI is InChI=1S/C20H22F2N4O2/c1-4-20(2,3)11(6-17(27)28)5-16-15(22)10-25-19(26-16)14-9-24-18-13(14)7-12(21)8-23-18/h7-11H,4-6H2,1-3H3,(H,23,24)(H,27,28). The molecular weight excluding hydrogens is 366 g/mol. The molecule has 0 radical (unpaired) electrons. The molecule has 0 fully saturated rings. The first-order chi connectivity index (χ1) is 13.2. The molecule has 3 aromatic heterocycles. The minimum absolute atomic E-state index is 0.0815. The van der Waals surface area contributed by atoms with Crippen molar-refractivity contribution in [1.29, 1.82) is 0 Å². The average molecular weight is 388 g/mol. The van der Waals surface area contributed by atoms with Crippen molar-refractivity contribution < 1.29 is 18.7 Å². The molecule has 0 amide bonds. The van der Waals surface area contributed by atoms with Gasteiger partial charge in [-0.2, -0.15) is 0 Å². The van der Waals surface area contributed by atoms with Crippen molar-refractivity contribution >= 4 is 17.0 Å². The van der Waals surface area contributed by atoms with E-state index < -0.39 is 17.6 Å². The molecule has 0 saturated carbocycles. The Morgan fingerprint density at radius 3 is 2.71 bits per heavy atom. The van der Waals surface area contributed by atoms with E-state index in [1.165, 1.54) is 6.07 Å². The summed E-state index contributed by atoms with van der Waals surface area (Å²) in [4.78, 5) is 26.6. The number of pyridine rings is 1. The first-order valence-electron chi connectivity index (χ1n) is 9.07. The Morgan fingerprint density at radius 1 is 1.29 bits per heavy atom. The van der Waals surface area contributed by atoms with Gasteiger partial charge in [0.2, 0.25) is 0 Å². The van der Waals surface area contributed by atoms with Crippen LogP contribution < -0.4 is 0 Å². The molecule has 3 heterocycles. The largest absolute Gasteiger partial charge is 0.481 e. The molecule has 0 aliphatic carbocycles. The molecule has 0 aliphatic heterocycles. The van der Waals surface area contributed by atoms with Crippen LogP contribution in [0.3, 0.4) is 0 Å². The zero-order chi connectivity index (χ0) is 20.5. The molecule has 148 valence electrons. The topological polar surface area (TPSA) is 91.8 Å². The summed E-state index contributed by atoms with van der Waals surface area (Å²) in [5, 5.41) is 9.76. The number of nitrogens with zero attached hydrogens (tertiary/aromatic N) is 3. The number of hydrogen-bond acceptors (Lipinski definition) is 4. The number of H-pyrrole nitrogens is 1. The number of carbonyl (C=O) groups is 1. The van der Waals surface area contributed by atoms with E-state index >= 15 is 0 Å². The molecule has 28 heavy (non-hydrogen) atoms. The molecule has 0 bridgehead atoms. The van der Waals surface area contributed by atoms with Crippen LogP contribution in [0, 0.1) is 23.0 Å². The minimum atomic E-state index is -0.931. The van der Waals surface area contributed by atoms with Crippen LogP contribution in [-0.2, 0) is 11.2 Å². The number of aromatic amines is 1. The molecular formula is C20H22F2N4O2. The molecule has 1 unspecified atom stereocenters. The van der Waals surface area contributed by atoms with E-state index in [1.807, 2.05) is 20.8 Å². The Hall–Kier alpha value is -2.90. The molecule has 0 aliphatic rings. The van der Waals surface area contributed by atoms with Gasteiger partial charge in [0.05, 0.1) is 18.1 Å². The monoisotopic (exact) mass is 388 g/mol. The zero-order valence-corrected chi connectivity index (χ0v) is 16.0. The number of carboxylic acid groups (broad SMARTS) is 1. The zero-order valence-electron chi connectivity index (χ0n) is 16.0. The van der Waals surface area contributed by atoms with Gasteiger partial charge in [-0.1, -0.05) is 27.2 Å². The van der Waals surface area contributed by atoms with Crippen molar-refractivity contribution in [2.75, 3.05) is 0 Å². The first-order valence-corrected chi connectivity index (χ1v) is 9.07. The normalized spacial score (nSPS) is 13.0. The van der Waals surface area contributed by atoms with Gasteiger partial charge < -0.3 is 10.1 Å². The first kappa shape index (κ1) is 19.9. The third kappa shape index (κ3) is 4.00. The smallest absolute Gasteiger partial charge is 0.303 e. The van der Waals surface area contributed by atoms with E-state index in [2.05, 4.69) is 19.9 Å². The molecule has 0 spiro atoms. The summed E-state index contributed by atoms with van der Waals surface area (Å²) in [6.45, 7) is 5.91. The van der Waals surface area contributed by atoms with E-state index in [1.54, 1.807) is 6.20 Å². The maximum absolute atomic E-state index is 14.4. The van der Waals surface area contributed by atoms with E-state index in [4.69, 9.17) is 0 Å². The van der Waals surface area contributed by atoms with Crippen LogP contribution >= 0.6 is 0 Å². The Morgan fingerprint density at radius 2 is 2.04 bits per heavy atom. The van der Waals surface area contributed by atoms with Crippen molar-refractivity contribution in [3.8, 4) is 11.4 Å². The summed E-state index contributed by atoms with van der Waals surface area (Å²) in [6, 6.07) is 1.31. The van der Waals surface area contributed by atoms with Crippen LogP contribution in [0.1, 0.15) is 39.3 Å². The summed E-state index contributed by atoms with van der Waals surface area (Å²) < 4.78 is 28.0. The number of halogens is 2. The van der Waals surface area contributed by atoms with Crippen molar-refractivity contribution in [2.45, 2.75) is 40.0 Å². The van der Waals surface area contributed by atoms with Gasteiger partial charge in [-0.15, -0.1) is 0 Å². The number of nitrogens with one attached hydrogen (secondary N) is 1. The lowest BCUT2D eigenvalue weighted by atomic mass is 9.73. The van der Waals surface area contributed by atoms with Gasteiger partial charge in [0.25, 0.3) is 0 Å². The molecule has 3 aromatic rings. The molecule has 8 heteroatoms. The number of hydrogen-bond donors (Lipinski definition) is 2. The molecule has 3 rings (SSSR count). The number of fused-ring (bicyclic) bond motifs is 1. The fraction of sp³-hybridized carbons (Fsp3) is 0.400. The lowest BCUT2D eigenvalue weighted by Gasteiger charge is -2.32. The van der Waals surface area contributed by atoms with E-state index in [0.29, 0.717) is 16.6 Å². The average Bonchev–Trinajstić information content (AvgIpc) is 3.05. The van der Waals surface area contributed by atoms with Crippen molar-refractivity contribution in [3.63, 3.8) is 0 Å². The molecule has 1 atom stereocenters.